The first-order valence-electron chi connectivity index (χ1n) is 8.43. The predicted octanol–water partition coefficient (Wildman–Crippen LogP) is 1.85. The first-order chi connectivity index (χ1) is 10.7. The number of nitrogens with zero attached hydrogens (tertiary/aromatic N) is 2. The van der Waals surface area contributed by atoms with Crippen LogP contribution in [0.25, 0.3) is 0 Å². The molecule has 1 aromatic heterocycles. The van der Waals surface area contributed by atoms with Gasteiger partial charge in [-0.15, -0.1) is 11.3 Å². The molecule has 120 valence electrons. The number of aromatic nitrogens is 1. The van der Waals surface area contributed by atoms with Crippen LogP contribution in [0.15, 0.2) is 0 Å². The van der Waals surface area contributed by atoms with Crippen LogP contribution in [0.5, 0.6) is 0 Å². The molecular weight excluding hydrogens is 296 g/mol. The van der Waals surface area contributed by atoms with E-state index < -0.39 is 0 Å². The highest BCUT2D eigenvalue weighted by atomic mass is 32.1. The summed E-state index contributed by atoms with van der Waals surface area (Å²) in [6.45, 7) is 7.46. The summed E-state index contributed by atoms with van der Waals surface area (Å²) in [6.07, 6.45) is 4.36. The minimum Gasteiger partial charge on any atom is -0.317 e. The number of amides is 1. The maximum atomic E-state index is 12.5. The monoisotopic (exact) mass is 320 g/mol. The second-order valence-electron chi connectivity index (χ2n) is 6.87. The fourth-order valence-electron chi connectivity index (χ4n) is 3.96. The first-order valence-corrected chi connectivity index (χ1v) is 9.24. The molecule has 3 heterocycles. The number of thiazole rings is 1. The topological polar surface area (TPSA) is 57.3 Å². The second-order valence-corrected chi connectivity index (χ2v) is 7.95. The minimum atomic E-state index is 0.195. The summed E-state index contributed by atoms with van der Waals surface area (Å²) in [5.41, 5.74) is 1.49. The SMILES string of the molecule is CCN1CCc2nc(NC(=O)C3CC34CCNCC4)sc2C1. The molecule has 4 rings (SSSR count). The lowest BCUT2D eigenvalue weighted by molar-refractivity contribution is -0.118. The molecule has 2 fully saturated rings. The molecule has 1 saturated carbocycles. The van der Waals surface area contributed by atoms with Crippen LogP contribution in [-0.2, 0) is 17.8 Å². The molecule has 1 aromatic rings. The third kappa shape index (κ3) is 2.57. The van der Waals surface area contributed by atoms with Gasteiger partial charge >= 0.3 is 0 Å². The number of rotatable bonds is 3. The van der Waals surface area contributed by atoms with Crippen molar-refractivity contribution in [2.75, 3.05) is 31.5 Å². The van der Waals surface area contributed by atoms with E-state index in [4.69, 9.17) is 0 Å². The van der Waals surface area contributed by atoms with Gasteiger partial charge in [0, 0.05) is 30.3 Å². The summed E-state index contributed by atoms with van der Waals surface area (Å²) in [4.78, 5) is 20.9. The molecule has 2 N–H and O–H groups in total. The molecule has 1 amide bonds. The van der Waals surface area contributed by atoms with Crippen molar-refractivity contribution in [1.29, 1.82) is 0 Å². The zero-order chi connectivity index (χ0) is 15.2. The van der Waals surface area contributed by atoms with Crippen LogP contribution >= 0.6 is 11.3 Å². The maximum Gasteiger partial charge on any atom is 0.229 e. The molecular formula is C16H24N4OS. The highest BCUT2D eigenvalue weighted by Crippen LogP contribution is 2.58. The van der Waals surface area contributed by atoms with Crippen LogP contribution in [0.1, 0.15) is 36.8 Å². The Morgan fingerprint density at radius 3 is 3.09 bits per heavy atom. The number of piperidine rings is 1. The van der Waals surface area contributed by atoms with Crippen LogP contribution in [0.4, 0.5) is 5.13 Å². The third-order valence-electron chi connectivity index (χ3n) is 5.59. The van der Waals surface area contributed by atoms with Gasteiger partial charge < -0.3 is 10.6 Å². The van der Waals surface area contributed by atoms with Crippen LogP contribution in [-0.4, -0.2) is 42.0 Å². The maximum absolute atomic E-state index is 12.5. The average molecular weight is 320 g/mol. The van der Waals surface area contributed by atoms with Gasteiger partial charge in [-0.25, -0.2) is 4.98 Å². The number of hydrogen-bond donors (Lipinski definition) is 2. The quantitative estimate of drug-likeness (QED) is 0.892. The lowest BCUT2D eigenvalue weighted by atomic mass is 9.92. The molecule has 5 nitrogen and oxygen atoms in total. The fraction of sp³-hybridized carbons (Fsp3) is 0.750. The van der Waals surface area contributed by atoms with Gasteiger partial charge in [-0.05, 0) is 44.3 Å². The standard InChI is InChI=1S/C16H24N4OS/c1-2-20-8-3-12-13(10-20)22-15(18-12)19-14(21)11-9-16(11)4-6-17-7-5-16/h11,17H,2-10H2,1H3,(H,18,19,21). The van der Waals surface area contributed by atoms with Gasteiger partial charge in [0.2, 0.25) is 5.91 Å². The lowest BCUT2D eigenvalue weighted by Crippen LogP contribution is -2.31. The van der Waals surface area contributed by atoms with Gasteiger partial charge in [0.15, 0.2) is 5.13 Å². The molecule has 1 atom stereocenters. The number of carbonyl (C=O) groups is 1. The Kier molecular flexibility index (Phi) is 3.71. The van der Waals surface area contributed by atoms with Gasteiger partial charge in [0.05, 0.1) is 5.69 Å². The Morgan fingerprint density at radius 1 is 1.50 bits per heavy atom. The number of anilines is 1. The third-order valence-corrected chi connectivity index (χ3v) is 6.59. The lowest BCUT2D eigenvalue weighted by Gasteiger charge is -2.23. The van der Waals surface area contributed by atoms with Crippen molar-refractivity contribution in [3.63, 3.8) is 0 Å². The molecule has 1 spiro atoms. The summed E-state index contributed by atoms with van der Waals surface area (Å²) >= 11 is 1.67. The van der Waals surface area contributed by atoms with Gasteiger partial charge in [-0.1, -0.05) is 6.92 Å². The van der Waals surface area contributed by atoms with Crippen LogP contribution < -0.4 is 10.6 Å². The second kappa shape index (κ2) is 5.58. The Hall–Kier alpha value is -0.980. The van der Waals surface area contributed by atoms with Crippen molar-refractivity contribution in [3.8, 4) is 0 Å². The molecule has 6 heteroatoms. The largest absolute Gasteiger partial charge is 0.317 e. The van der Waals surface area contributed by atoms with E-state index in [-0.39, 0.29) is 11.8 Å². The zero-order valence-electron chi connectivity index (χ0n) is 13.2. The summed E-state index contributed by atoms with van der Waals surface area (Å²) in [5, 5.41) is 7.29. The minimum absolute atomic E-state index is 0.195. The summed E-state index contributed by atoms with van der Waals surface area (Å²) in [5.74, 6) is 0.406. The number of fused-ring (bicyclic) bond motifs is 1. The van der Waals surface area contributed by atoms with E-state index in [1.807, 2.05) is 0 Å². The number of carbonyl (C=O) groups excluding carboxylic acids is 1. The Labute approximate surface area is 135 Å². The van der Waals surface area contributed by atoms with Crippen molar-refractivity contribution in [2.24, 2.45) is 11.3 Å². The summed E-state index contributed by atoms with van der Waals surface area (Å²) in [7, 11) is 0. The molecule has 1 unspecified atom stereocenters. The van der Waals surface area contributed by atoms with E-state index in [0.717, 1.165) is 63.5 Å². The van der Waals surface area contributed by atoms with E-state index in [1.165, 1.54) is 10.6 Å². The van der Waals surface area contributed by atoms with E-state index >= 15 is 0 Å². The molecule has 1 saturated heterocycles. The number of nitrogens with one attached hydrogen (secondary N) is 2. The smallest absolute Gasteiger partial charge is 0.229 e. The molecule has 1 aliphatic carbocycles. The predicted molar refractivity (Wildman–Crippen MR) is 88.0 cm³/mol. The Morgan fingerprint density at radius 2 is 2.32 bits per heavy atom. The van der Waals surface area contributed by atoms with Crippen molar-refractivity contribution in [1.82, 2.24) is 15.2 Å². The van der Waals surface area contributed by atoms with E-state index in [2.05, 4.69) is 27.4 Å². The van der Waals surface area contributed by atoms with Crippen molar-refractivity contribution in [2.45, 2.75) is 39.2 Å². The van der Waals surface area contributed by atoms with E-state index in [0.29, 0.717) is 5.41 Å². The Balaban J connectivity index is 1.40. The van der Waals surface area contributed by atoms with Crippen LogP contribution in [0.3, 0.4) is 0 Å². The highest BCUT2D eigenvalue weighted by molar-refractivity contribution is 7.15. The molecule has 2 aliphatic heterocycles. The van der Waals surface area contributed by atoms with Gasteiger partial charge in [-0.3, -0.25) is 9.69 Å². The molecule has 0 radical (unpaired) electrons. The number of hydrogen-bond acceptors (Lipinski definition) is 5. The summed E-state index contributed by atoms with van der Waals surface area (Å²) in [6, 6.07) is 0. The van der Waals surface area contributed by atoms with Crippen LogP contribution in [0.2, 0.25) is 0 Å². The van der Waals surface area contributed by atoms with Crippen molar-refractivity contribution in [3.05, 3.63) is 10.6 Å². The zero-order valence-corrected chi connectivity index (χ0v) is 14.0. The molecule has 3 aliphatic rings. The number of likely N-dealkylation sites (N-methyl/N-ethyl adjacent to an activating group) is 1. The van der Waals surface area contributed by atoms with Gasteiger partial charge in [0.25, 0.3) is 0 Å². The van der Waals surface area contributed by atoms with E-state index in [9.17, 15) is 4.79 Å². The van der Waals surface area contributed by atoms with Crippen molar-refractivity contribution >= 4 is 22.4 Å². The summed E-state index contributed by atoms with van der Waals surface area (Å²) < 4.78 is 0. The van der Waals surface area contributed by atoms with Gasteiger partial charge in [0.1, 0.15) is 0 Å². The normalized spacial score (nSPS) is 26.7. The fourth-order valence-corrected chi connectivity index (χ4v) is 5.01. The molecule has 22 heavy (non-hydrogen) atoms. The van der Waals surface area contributed by atoms with Crippen molar-refractivity contribution < 1.29 is 4.79 Å². The first kappa shape index (κ1) is 14.6. The Bertz CT molecular complexity index is 579. The highest BCUT2D eigenvalue weighted by Gasteiger charge is 2.57. The molecule has 0 bridgehead atoms. The van der Waals surface area contributed by atoms with E-state index in [1.54, 1.807) is 11.3 Å². The molecule has 0 aromatic carbocycles. The van der Waals surface area contributed by atoms with Gasteiger partial charge in [-0.2, -0.15) is 0 Å². The van der Waals surface area contributed by atoms with Crippen LogP contribution in [0, 0.1) is 11.3 Å². The average Bonchev–Trinajstić information content (AvgIpc) is 3.07.